The Bertz CT molecular complexity index is 1080. The fourth-order valence-corrected chi connectivity index (χ4v) is 4.91. The van der Waals surface area contributed by atoms with Crippen LogP contribution in [0.3, 0.4) is 0 Å². The summed E-state index contributed by atoms with van der Waals surface area (Å²) in [6.07, 6.45) is -0.227. The summed E-state index contributed by atoms with van der Waals surface area (Å²) in [5.41, 5.74) is 1.21. The summed E-state index contributed by atoms with van der Waals surface area (Å²) < 4.78 is 58.9. The zero-order valence-corrected chi connectivity index (χ0v) is 19.2. The molecular formula is C20H27N3O6S2. The molecule has 3 N–H and O–H groups in total. The third-order valence-corrected chi connectivity index (χ3v) is 7.17. The topological polar surface area (TPSA) is 131 Å². The van der Waals surface area contributed by atoms with Gasteiger partial charge < -0.3 is 4.74 Å². The number of carbonyl (C=O) groups is 1. The number of hydrogen-bond acceptors (Lipinski definition) is 6. The Kier molecular flexibility index (Phi) is 8.57. The average Bonchev–Trinajstić information content (AvgIpc) is 2.68. The van der Waals surface area contributed by atoms with Crippen LogP contribution >= 0.6 is 0 Å². The van der Waals surface area contributed by atoms with Gasteiger partial charge in [-0.3, -0.25) is 5.32 Å². The van der Waals surface area contributed by atoms with Crippen molar-refractivity contribution in [2.75, 3.05) is 18.5 Å². The first-order chi connectivity index (χ1) is 14.5. The number of sulfonamides is 2. The van der Waals surface area contributed by atoms with Crippen molar-refractivity contribution in [2.45, 2.75) is 43.0 Å². The maximum absolute atomic E-state index is 12.4. The van der Waals surface area contributed by atoms with Crippen molar-refractivity contribution in [3.63, 3.8) is 0 Å². The molecule has 0 fully saturated rings. The molecule has 2 aromatic carbocycles. The molecule has 0 aliphatic carbocycles. The van der Waals surface area contributed by atoms with Crippen LogP contribution in [-0.4, -0.2) is 42.1 Å². The van der Waals surface area contributed by atoms with E-state index in [2.05, 4.69) is 14.8 Å². The minimum absolute atomic E-state index is 0.0584. The van der Waals surface area contributed by atoms with E-state index in [1.807, 2.05) is 0 Å². The number of hydrogen-bond donors (Lipinski definition) is 3. The van der Waals surface area contributed by atoms with Crippen molar-refractivity contribution >= 4 is 31.8 Å². The molecule has 0 aliphatic rings. The largest absolute Gasteiger partial charge is 0.450 e. The Morgan fingerprint density at radius 1 is 0.903 bits per heavy atom. The van der Waals surface area contributed by atoms with Gasteiger partial charge in [0.2, 0.25) is 20.0 Å². The third-order valence-electron chi connectivity index (χ3n) is 4.02. The van der Waals surface area contributed by atoms with Gasteiger partial charge in [-0.15, -0.1) is 0 Å². The molecule has 0 saturated heterocycles. The van der Waals surface area contributed by atoms with E-state index in [1.54, 1.807) is 32.9 Å². The van der Waals surface area contributed by atoms with E-state index in [-0.39, 0.29) is 29.0 Å². The summed E-state index contributed by atoms with van der Waals surface area (Å²) in [5.74, 6) is 0. The van der Waals surface area contributed by atoms with Gasteiger partial charge in [-0.05, 0) is 69.2 Å². The van der Waals surface area contributed by atoms with Gasteiger partial charge in [0, 0.05) is 18.3 Å². The molecule has 31 heavy (non-hydrogen) atoms. The maximum atomic E-state index is 12.4. The fraction of sp³-hybridized carbons (Fsp3) is 0.350. The summed E-state index contributed by atoms with van der Waals surface area (Å²) in [4.78, 5) is 11.6. The fourth-order valence-electron chi connectivity index (χ4n) is 2.63. The second kappa shape index (κ2) is 10.7. The van der Waals surface area contributed by atoms with Crippen LogP contribution in [0.2, 0.25) is 0 Å². The van der Waals surface area contributed by atoms with E-state index in [0.29, 0.717) is 12.1 Å². The average molecular weight is 470 g/mol. The van der Waals surface area contributed by atoms with Crippen LogP contribution in [0.4, 0.5) is 10.5 Å². The molecular weight excluding hydrogens is 442 g/mol. The zero-order chi connectivity index (χ0) is 23.1. The van der Waals surface area contributed by atoms with Gasteiger partial charge in [0.1, 0.15) is 0 Å². The predicted molar refractivity (Wildman–Crippen MR) is 118 cm³/mol. The summed E-state index contributed by atoms with van der Waals surface area (Å²) in [5, 5.41) is 2.49. The van der Waals surface area contributed by atoms with Crippen LogP contribution < -0.4 is 14.8 Å². The zero-order valence-electron chi connectivity index (χ0n) is 17.6. The van der Waals surface area contributed by atoms with Crippen molar-refractivity contribution in [2.24, 2.45) is 0 Å². The molecule has 0 spiro atoms. The number of rotatable bonds is 10. The smallest absolute Gasteiger partial charge is 0.411 e. The van der Waals surface area contributed by atoms with Gasteiger partial charge in [-0.2, -0.15) is 0 Å². The number of nitrogens with one attached hydrogen (secondary N) is 3. The van der Waals surface area contributed by atoms with E-state index in [4.69, 9.17) is 4.74 Å². The highest BCUT2D eigenvalue weighted by molar-refractivity contribution is 7.89. The van der Waals surface area contributed by atoms with Crippen molar-refractivity contribution in [3.8, 4) is 0 Å². The molecule has 0 radical (unpaired) electrons. The molecule has 0 aliphatic heterocycles. The minimum Gasteiger partial charge on any atom is -0.450 e. The highest BCUT2D eigenvalue weighted by atomic mass is 32.2. The second-order valence-corrected chi connectivity index (χ2v) is 10.4. The first-order valence-electron chi connectivity index (χ1n) is 9.68. The van der Waals surface area contributed by atoms with Crippen molar-refractivity contribution in [1.82, 2.24) is 9.44 Å². The Morgan fingerprint density at radius 2 is 1.45 bits per heavy atom. The maximum Gasteiger partial charge on any atom is 0.411 e. The van der Waals surface area contributed by atoms with Crippen LogP contribution in [0, 0.1) is 0 Å². The lowest BCUT2D eigenvalue weighted by atomic mass is 10.2. The number of carbonyl (C=O) groups excluding carboxylic acids is 1. The lowest BCUT2D eigenvalue weighted by Gasteiger charge is -2.11. The molecule has 2 aromatic rings. The molecule has 11 heteroatoms. The normalized spacial score (nSPS) is 12.0. The first-order valence-corrected chi connectivity index (χ1v) is 12.6. The molecule has 1 amide bonds. The third kappa shape index (κ3) is 7.62. The Labute approximate surface area is 183 Å². The molecule has 0 unspecified atom stereocenters. The van der Waals surface area contributed by atoms with E-state index in [0.717, 1.165) is 5.56 Å². The summed E-state index contributed by atoms with van der Waals surface area (Å²) in [6, 6.07) is 11.8. The second-order valence-electron chi connectivity index (χ2n) is 6.94. The van der Waals surface area contributed by atoms with Gasteiger partial charge in [0.05, 0.1) is 16.4 Å². The Hall–Kier alpha value is -2.47. The van der Waals surface area contributed by atoms with Gasteiger partial charge in [-0.1, -0.05) is 12.1 Å². The highest BCUT2D eigenvalue weighted by Crippen LogP contribution is 2.15. The Morgan fingerprint density at radius 3 is 2.00 bits per heavy atom. The van der Waals surface area contributed by atoms with Gasteiger partial charge >= 0.3 is 6.09 Å². The molecule has 0 bridgehead atoms. The van der Waals surface area contributed by atoms with Crippen LogP contribution in [0.15, 0.2) is 58.3 Å². The monoisotopic (exact) mass is 469 g/mol. The van der Waals surface area contributed by atoms with Gasteiger partial charge in [0.25, 0.3) is 0 Å². The summed E-state index contributed by atoms with van der Waals surface area (Å²) in [6.45, 7) is 5.53. The van der Waals surface area contributed by atoms with Crippen LogP contribution in [0.1, 0.15) is 26.3 Å². The van der Waals surface area contributed by atoms with Crippen LogP contribution in [0.5, 0.6) is 0 Å². The summed E-state index contributed by atoms with van der Waals surface area (Å²) in [7, 11) is -7.30. The molecule has 0 heterocycles. The SMILES string of the molecule is CCOC(=O)Nc1ccc(S(=O)(=O)NCCc2ccc(S(=O)(=O)NC(C)C)cc2)cc1. The highest BCUT2D eigenvalue weighted by Gasteiger charge is 2.16. The number of amides is 1. The lowest BCUT2D eigenvalue weighted by molar-refractivity contribution is 0.168. The Balaban J connectivity index is 1.93. The molecule has 9 nitrogen and oxygen atoms in total. The van der Waals surface area contributed by atoms with Crippen molar-refractivity contribution < 1.29 is 26.4 Å². The van der Waals surface area contributed by atoms with E-state index in [1.165, 1.54) is 36.4 Å². The number of anilines is 1. The predicted octanol–water partition coefficient (Wildman–Crippen LogP) is 2.46. The minimum atomic E-state index is -3.73. The van der Waals surface area contributed by atoms with Crippen molar-refractivity contribution in [1.29, 1.82) is 0 Å². The van der Waals surface area contributed by atoms with E-state index in [9.17, 15) is 21.6 Å². The lowest BCUT2D eigenvalue weighted by Crippen LogP contribution is -2.30. The standard InChI is InChI=1S/C20H27N3O6S2/c1-4-29-20(24)22-17-7-11-18(12-8-17)30(25,26)21-14-13-16-5-9-19(10-6-16)31(27,28)23-15(2)3/h5-12,15,21,23H,4,13-14H2,1-3H3,(H,22,24). The van der Waals surface area contributed by atoms with Gasteiger partial charge in [0.15, 0.2) is 0 Å². The molecule has 0 saturated carbocycles. The first kappa shape index (κ1) is 24.8. The number of ether oxygens (including phenoxy) is 1. The molecule has 0 atom stereocenters. The van der Waals surface area contributed by atoms with Crippen molar-refractivity contribution in [3.05, 3.63) is 54.1 Å². The summed E-state index contributed by atoms with van der Waals surface area (Å²) >= 11 is 0. The van der Waals surface area contributed by atoms with E-state index >= 15 is 0 Å². The molecule has 2 rings (SSSR count). The molecule has 170 valence electrons. The number of benzene rings is 2. The quantitative estimate of drug-likeness (QED) is 0.490. The van der Waals surface area contributed by atoms with Crippen LogP contribution in [-0.2, 0) is 31.2 Å². The van der Waals surface area contributed by atoms with E-state index < -0.39 is 26.1 Å². The van der Waals surface area contributed by atoms with Crippen LogP contribution in [0.25, 0.3) is 0 Å². The molecule has 0 aromatic heterocycles. The van der Waals surface area contributed by atoms with Gasteiger partial charge in [-0.25, -0.2) is 31.1 Å².